The first-order valence-electron chi connectivity index (χ1n) is 9.17. The number of rotatable bonds is 16. The highest BCUT2D eigenvalue weighted by molar-refractivity contribution is 4.51. The van der Waals surface area contributed by atoms with Gasteiger partial charge in [0.05, 0.1) is 0 Å². The van der Waals surface area contributed by atoms with Gasteiger partial charge in [0.1, 0.15) is 6.30 Å². The van der Waals surface area contributed by atoms with Crippen molar-refractivity contribution in [3.8, 4) is 0 Å². The third-order valence-corrected chi connectivity index (χ3v) is 4.08. The Kier molecular flexibility index (Phi) is 16.8. The zero-order valence-corrected chi connectivity index (χ0v) is 13.8. The van der Waals surface area contributed by atoms with Crippen LogP contribution in [0, 0.1) is 0 Å². The summed E-state index contributed by atoms with van der Waals surface area (Å²) in [7, 11) is 0. The van der Waals surface area contributed by atoms with Crippen LogP contribution in [0.4, 0.5) is 4.39 Å². The van der Waals surface area contributed by atoms with Crippen molar-refractivity contribution in [2.24, 2.45) is 5.73 Å². The molecule has 0 spiro atoms. The lowest BCUT2D eigenvalue weighted by atomic mass is 10.0. The fraction of sp³-hybridized carbons (Fsp3) is 1.00. The van der Waals surface area contributed by atoms with E-state index in [0.29, 0.717) is 6.42 Å². The number of unbranched alkanes of at least 4 members (excludes halogenated alkanes) is 14. The molecule has 1 nitrogen and oxygen atoms in total. The summed E-state index contributed by atoms with van der Waals surface area (Å²) in [5.74, 6) is 0. The minimum atomic E-state index is -1.10. The molecule has 0 aromatic rings. The second kappa shape index (κ2) is 16.9. The molecule has 20 heavy (non-hydrogen) atoms. The molecule has 122 valence electrons. The van der Waals surface area contributed by atoms with E-state index < -0.39 is 6.30 Å². The van der Waals surface area contributed by atoms with Crippen molar-refractivity contribution in [1.82, 2.24) is 0 Å². The minimum Gasteiger partial charge on any atom is -0.302 e. The van der Waals surface area contributed by atoms with Gasteiger partial charge in [-0.3, -0.25) is 0 Å². The van der Waals surface area contributed by atoms with Crippen LogP contribution in [0.3, 0.4) is 0 Å². The Morgan fingerprint density at radius 3 is 1.20 bits per heavy atom. The van der Waals surface area contributed by atoms with Crippen LogP contribution < -0.4 is 5.73 Å². The second-order valence-electron chi connectivity index (χ2n) is 6.25. The van der Waals surface area contributed by atoms with Crippen LogP contribution in [0.5, 0.6) is 0 Å². The first-order chi connectivity index (χ1) is 9.77. The molecule has 1 atom stereocenters. The van der Waals surface area contributed by atoms with Crippen LogP contribution in [0.25, 0.3) is 0 Å². The molecule has 0 rings (SSSR count). The maximum absolute atomic E-state index is 12.3. The van der Waals surface area contributed by atoms with Crippen molar-refractivity contribution in [1.29, 1.82) is 0 Å². The number of hydrogen-bond donors (Lipinski definition) is 1. The molecule has 1 unspecified atom stereocenters. The summed E-state index contributed by atoms with van der Waals surface area (Å²) in [6.45, 7) is 2.27. The topological polar surface area (TPSA) is 26.0 Å². The summed E-state index contributed by atoms with van der Waals surface area (Å²) in [5.41, 5.74) is 5.08. The molecule has 0 aromatic carbocycles. The highest BCUT2D eigenvalue weighted by Crippen LogP contribution is 2.13. The second-order valence-corrected chi connectivity index (χ2v) is 6.25. The van der Waals surface area contributed by atoms with Crippen molar-refractivity contribution in [3.05, 3.63) is 0 Å². The average Bonchev–Trinajstić information content (AvgIpc) is 2.43. The minimum absolute atomic E-state index is 0.540. The molecule has 0 aliphatic rings. The Morgan fingerprint density at radius 1 is 0.600 bits per heavy atom. The smallest absolute Gasteiger partial charge is 0.148 e. The molecule has 0 fully saturated rings. The summed E-state index contributed by atoms with van der Waals surface area (Å²) in [5, 5.41) is 0. The molecule has 0 radical (unpaired) electrons. The normalized spacial score (nSPS) is 12.8. The maximum Gasteiger partial charge on any atom is 0.148 e. The largest absolute Gasteiger partial charge is 0.302 e. The van der Waals surface area contributed by atoms with Gasteiger partial charge in [-0.05, 0) is 12.8 Å². The van der Waals surface area contributed by atoms with Gasteiger partial charge >= 0.3 is 0 Å². The molecule has 0 saturated carbocycles. The van der Waals surface area contributed by atoms with E-state index in [4.69, 9.17) is 5.73 Å². The van der Waals surface area contributed by atoms with Gasteiger partial charge in [0.15, 0.2) is 0 Å². The van der Waals surface area contributed by atoms with Gasteiger partial charge in [-0.2, -0.15) is 0 Å². The molecular weight excluding hydrogens is 249 g/mol. The van der Waals surface area contributed by atoms with Crippen molar-refractivity contribution in [2.45, 2.75) is 116 Å². The summed E-state index contributed by atoms with van der Waals surface area (Å²) in [4.78, 5) is 0. The van der Waals surface area contributed by atoms with Gasteiger partial charge in [-0.15, -0.1) is 0 Å². The summed E-state index contributed by atoms with van der Waals surface area (Å²) in [6, 6.07) is 0. The van der Waals surface area contributed by atoms with E-state index in [1.54, 1.807) is 0 Å². The van der Waals surface area contributed by atoms with E-state index in [1.807, 2.05) is 0 Å². The Bertz CT molecular complexity index is 171. The van der Waals surface area contributed by atoms with Crippen LogP contribution in [0.1, 0.15) is 110 Å². The van der Waals surface area contributed by atoms with Crippen molar-refractivity contribution < 1.29 is 4.39 Å². The fourth-order valence-corrected chi connectivity index (χ4v) is 2.71. The molecule has 0 saturated heterocycles. The molecule has 2 heteroatoms. The lowest BCUT2D eigenvalue weighted by Gasteiger charge is -2.04. The SMILES string of the molecule is CCCCCCCCCCCCCCCCCC(N)F. The van der Waals surface area contributed by atoms with Crippen molar-refractivity contribution in [2.75, 3.05) is 0 Å². The van der Waals surface area contributed by atoms with Gasteiger partial charge in [0, 0.05) is 0 Å². The number of nitrogens with two attached hydrogens (primary N) is 1. The molecule has 0 bridgehead atoms. The van der Waals surface area contributed by atoms with E-state index in [9.17, 15) is 4.39 Å². The summed E-state index contributed by atoms with van der Waals surface area (Å²) >= 11 is 0. The Labute approximate surface area is 126 Å². The number of halogens is 1. The molecule has 0 aliphatic heterocycles. The van der Waals surface area contributed by atoms with E-state index in [-0.39, 0.29) is 0 Å². The van der Waals surface area contributed by atoms with Crippen LogP contribution in [0.15, 0.2) is 0 Å². The number of hydrogen-bond acceptors (Lipinski definition) is 1. The lowest BCUT2D eigenvalue weighted by molar-refractivity contribution is 0.313. The van der Waals surface area contributed by atoms with Gasteiger partial charge in [0.2, 0.25) is 0 Å². The predicted molar refractivity (Wildman–Crippen MR) is 88.6 cm³/mol. The zero-order valence-electron chi connectivity index (χ0n) is 13.8. The van der Waals surface area contributed by atoms with Gasteiger partial charge in [-0.1, -0.05) is 96.8 Å². The van der Waals surface area contributed by atoms with Gasteiger partial charge in [-0.25, -0.2) is 4.39 Å². The summed E-state index contributed by atoms with van der Waals surface area (Å²) in [6.07, 6.45) is 19.6. The van der Waals surface area contributed by atoms with Crippen LogP contribution in [-0.2, 0) is 0 Å². The standard InChI is InChI=1S/C18H38FN/c1-2-3-4-5-6-7-8-9-10-11-12-13-14-15-16-17-18(19)20/h18H,2-17,20H2,1H3. The maximum atomic E-state index is 12.3. The average molecular weight is 288 g/mol. The number of alkyl halides is 1. The molecule has 0 amide bonds. The van der Waals surface area contributed by atoms with E-state index >= 15 is 0 Å². The molecule has 2 N–H and O–H groups in total. The summed E-state index contributed by atoms with van der Waals surface area (Å²) < 4.78 is 12.3. The Balaban J connectivity index is 2.92. The van der Waals surface area contributed by atoms with Gasteiger partial charge < -0.3 is 5.73 Å². The highest BCUT2D eigenvalue weighted by atomic mass is 19.1. The molecule has 0 heterocycles. The van der Waals surface area contributed by atoms with Crippen LogP contribution >= 0.6 is 0 Å². The Hall–Kier alpha value is -0.110. The monoisotopic (exact) mass is 287 g/mol. The van der Waals surface area contributed by atoms with Gasteiger partial charge in [0.25, 0.3) is 0 Å². The van der Waals surface area contributed by atoms with E-state index in [2.05, 4.69) is 6.92 Å². The fourth-order valence-electron chi connectivity index (χ4n) is 2.71. The van der Waals surface area contributed by atoms with Crippen LogP contribution in [0.2, 0.25) is 0 Å². The highest BCUT2D eigenvalue weighted by Gasteiger charge is 1.97. The molecule has 0 aliphatic carbocycles. The van der Waals surface area contributed by atoms with Crippen LogP contribution in [-0.4, -0.2) is 6.30 Å². The molecule has 0 aromatic heterocycles. The van der Waals surface area contributed by atoms with E-state index in [1.165, 1.54) is 83.5 Å². The lowest BCUT2D eigenvalue weighted by Crippen LogP contribution is -2.11. The van der Waals surface area contributed by atoms with Crippen molar-refractivity contribution >= 4 is 0 Å². The zero-order chi connectivity index (χ0) is 14.9. The first-order valence-corrected chi connectivity index (χ1v) is 9.17. The predicted octanol–water partition coefficient (Wildman–Crippen LogP) is 6.50. The van der Waals surface area contributed by atoms with Crippen molar-refractivity contribution in [3.63, 3.8) is 0 Å². The quantitative estimate of drug-likeness (QED) is 0.254. The first kappa shape index (κ1) is 19.9. The van der Waals surface area contributed by atoms with E-state index in [0.717, 1.165) is 12.8 Å². The Morgan fingerprint density at radius 2 is 0.900 bits per heavy atom. The third-order valence-electron chi connectivity index (χ3n) is 4.08. The molecular formula is C18H38FN. The third kappa shape index (κ3) is 17.9.